The minimum Gasteiger partial charge on any atom is -0.496 e. The number of nitro groups is 1. The third-order valence-electron chi connectivity index (χ3n) is 5.02. The van der Waals surface area contributed by atoms with E-state index in [2.05, 4.69) is 0 Å². The molecule has 1 aliphatic rings. The third-order valence-corrected chi connectivity index (χ3v) is 6.68. The number of fused-ring (bicyclic) bond motifs is 1. The minimum absolute atomic E-state index is 0.00308. The van der Waals surface area contributed by atoms with Crippen molar-refractivity contribution in [2.45, 2.75) is 0 Å². The van der Waals surface area contributed by atoms with Crippen molar-refractivity contribution in [3.8, 4) is 5.75 Å². The van der Waals surface area contributed by atoms with E-state index >= 15 is 0 Å². The molecule has 1 saturated heterocycles. The summed E-state index contributed by atoms with van der Waals surface area (Å²) < 4.78 is 6.07. The number of hydrogen-bond acceptors (Lipinski definition) is 6. The fourth-order valence-corrected chi connectivity index (χ4v) is 4.97. The minimum atomic E-state index is -0.410. The highest BCUT2D eigenvalue weighted by atomic mass is 35.5. The highest BCUT2D eigenvalue weighted by molar-refractivity contribution is 7.21. The maximum atomic E-state index is 13.0. The number of nitro benzene ring substituents is 1. The number of hydrogen-bond donors (Lipinski definition) is 0. The molecule has 1 fully saturated rings. The number of thiophene rings is 1. The highest BCUT2D eigenvalue weighted by Crippen LogP contribution is 2.37. The first-order valence-corrected chi connectivity index (χ1v) is 10.2. The summed E-state index contributed by atoms with van der Waals surface area (Å²) >= 11 is 7.84. The van der Waals surface area contributed by atoms with Crippen LogP contribution in [0.1, 0.15) is 9.67 Å². The van der Waals surface area contributed by atoms with E-state index in [1.54, 1.807) is 17.0 Å². The molecule has 0 spiro atoms. The molecular weight excluding hydrogens is 414 g/mol. The smallest absolute Gasteiger partial charge is 0.296 e. The number of nitrogens with zero attached hydrogens (tertiary/aromatic N) is 3. The second-order valence-corrected chi connectivity index (χ2v) is 8.06. The topological polar surface area (TPSA) is 75.9 Å². The number of anilines is 1. The van der Waals surface area contributed by atoms with Crippen LogP contribution in [0.4, 0.5) is 11.4 Å². The van der Waals surface area contributed by atoms with Gasteiger partial charge in [-0.05, 0) is 18.2 Å². The molecule has 9 heteroatoms. The zero-order chi connectivity index (χ0) is 20.5. The lowest BCUT2D eigenvalue weighted by Gasteiger charge is -2.35. The number of carbonyl (C=O) groups excluding carboxylic acids is 1. The second-order valence-electron chi connectivity index (χ2n) is 6.63. The Morgan fingerprint density at radius 3 is 2.55 bits per heavy atom. The van der Waals surface area contributed by atoms with Crippen molar-refractivity contribution >= 4 is 50.3 Å². The average Bonchev–Trinajstić information content (AvgIpc) is 3.09. The number of amides is 1. The highest BCUT2D eigenvalue weighted by Gasteiger charge is 2.28. The summed E-state index contributed by atoms with van der Waals surface area (Å²) in [6.07, 6.45) is 0. The van der Waals surface area contributed by atoms with Gasteiger partial charge in [-0.15, -0.1) is 11.3 Å². The molecule has 150 valence electrons. The van der Waals surface area contributed by atoms with Gasteiger partial charge >= 0.3 is 0 Å². The Morgan fingerprint density at radius 1 is 1.17 bits per heavy atom. The van der Waals surface area contributed by atoms with Gasteiger partial charge in [0.25, 0.3) is 11.6 Å². The lowest BCUT2D eigenvalue weighted by Crippen LogP contribution is -2.48. The van der Waals surface area contributed by atoms with Crippen LogP contribution in [0.3, 0.4) is 0 Å². The van der Waals surface area contributed by atoms with E-state index in [9.17, 15) is 14.9 Å². The molecular formula is C20H18ClN3O4S. The molecule has 1 aromatic heterocycles. The van der Waals surface area contributed by atoms with Crippen LogP contribution in [-0.4, -0.2) is 49.0 Å². The fraction of sp³-hybridized carbons (Fsp3) is 0.250. The average molecular weight is 432 g/mol. The van der Waals surface area contributed by atoms with Gasteiger partial charge in [0.1, 0.15) is 16.3 Å². The summed E-state index contributed by atoms with van der Waals surface area (Å²) in [5.41, 5.74) is 0.527. The van der Waals surface area contributed by atoms with E-state index < -0.39 is 4.92 Å². The number of rotatable bonds is 4. The molecule has 29 heavy (non-hydrogen) atoms. The third kappa shape index (κ3) is 3.61. The Kier molecular flexibility index (Phi) is 5.29. The van der Waals surface area contributed by atoms with Crippen LogP contribution in [0, 0.1) is 10.1 Å². The van der Waals surface area contributed by atoms with E-state index in [1.807, 2.05) is 29.2 Å². The molecule has 0 saturated carbocycles. The number of carbonyl (C=O) groups is 1. The van der Waals surface area contributed by atoms with E-state index in [4.69, 9.17) is 16.3 Å². The maximum Gasteiger partial charge on any atom is 0.296 e. The summed E-state index contributed by atoms with van der Waals surface area (Å²) in [5, 5.41) is 12.8. The Morgan fingerprint density at radius 2 is 1.90 bits per heavy atom. The zero-order valence-electron chi connectivity index (χ0n) is 15.6. The Balaban J connectivity index is 1.51. The number of piperazine rings is 1. The van der Waals surface area contributed by atoms with E-state index in [1.165, 1.54) is 24.5 Å². The lowest BCUT2D eigenvalue weighted by molar-refractivity contribution is -0.384. The van der Waals surface area contributed by atoms with Crippen LogP contribution >= 0.6 is 22.9 Å². The largest absolute Gasteiger partial charge is 0.496 e. The Hall–Kier alpha value is -2.84. The van der Waals surface area contributed by atoms with Gasteiger partial charge < -0.3 is 14.5 Å². The van der Waals surface area contributed by atoms with Crippen molar-refractivity contribution in [1.29, 1.82) is 0 Å². The maximum absolute atomic E-state index is 13.0. The van der Waals surface area contributed by atoms with Gasteiger partial charge in [0.05, 0.1) is 23.1 Å². The Labute approximate surface area is 176 Å². The second kappa shape index (κ2) is 7.88. The van der Waals surface area contributed by atoms with Crippen molar-refractivity contribution < 1.29 is 14.5 Å². The molecule has 0 bridgehead atoms. The molecule has 0 radical (unpaired) electrons. The molecule has 2 aromatic carbocycles. The first-order chi connectivity index (χ1) is 14.0. The summed E-state index contributed by atoms with van der Waals surface area (Å²) in [6, 6.07) is 12.5. The first kappa shape index (κ1) is 19.5. The van der Waals surface area contributed by atoms with Crippen LogP contribution in [0.15, 0.2) is 42.5 Å². The molecule has 1 aliphatic heterocycles. The fourth-order valence-electron chi connectivity index (χ4n) is 3.49. The lowest BCUT2D eigenvalue weighted by atomic mass is 10.2. The van der Waals surface area contributed by atoms with Crippen LogP contribution in [-0.2, 0) is 0 Å². The van der Waals surface area contributed by atoms with Crippen molar-refractivity contribution in [3.05, 3.63) is 62.5 Å². The van der Waals surface area contributed by atoms with Gasteiger partial charge in [-0.1, -0.05) is 29.8 Å². The molecule has 7 nitrogen and oxygen atoms in total. The molecule has 3 aromatic rings. The molecule has 0 aliphatic carbocycles. The van der Waals surface area contributed by atoms with Gasteiger partial charge in [-0.3, -0.25) is 14.9 Å². The molecule has 1 amide bonds. The summed E-state index contributed by atoms with van der Waals surface area (Å²) in [4.78, 5) is 28.3. The quantitative estimate of drug-likeness (QED) is 0.451. The first-order valence-electron chi connectivity index (χ1n) is 9.03. The zero-order valence-corrected chi connectivity index (χ0v) is 17.2. The monoisotopic (exact) mass is 431 g/mol. The number of ether oxygens (including phenoxy) is 1. The summed E-state index contributed by atoms with van der Waals surface area (Å²) in [5.74, 6) is 0.341. The standard InChI is InChI=1S/C20H18ClN3O4S/c1-28-13-6-7-15(16(12-13)24(26)27)22-8-10-23(11-9-22)20(25)19-18(21)14-4-2-3-5-17(14)29-19/h2-7,12H,8-11H2,1H3. The van der Waals surface area contributed by atoms with Gasteiger partial charge in [0, 0.05) is 36.3 Å². The molecule has 0 N–H and O–H groups in total. The Bertz CT molecular complexity index is 1090. The van der Waals surface area contributed by atoms with Gasteiger partial charge in [0.15, 0.2) is 0 Å². The predicted molar refractivity (Wildman–Crippen MR) is 115 cm³/mol. The van der Waals surface area contributed by atoms with Crippen molar-refractivity contribution in [2.75, 3.05) is 38.2 Å². The number of halogens is 1. The van der Waals surface area contributed by atoms with Crippen LogP contribution in [0.25, 0.3) is 10.1 Å². The van der Waals surface area contributed by atoms with Crippen LogP contribution in [0.2, 0.25) is 5.02 Å². The van der Waals surface area contributed by atoms with Gasteiger partial charge in [-0.25, -0.2) is 0 Å². The van der Waals surface area contributed by atoms with Crippen molar-refractivity contribution in [3.63, 3.8) is 0 Å². The van der Waals surface area contributed by atoms with Crippen molar-refractivity contribution in [1.82, 2.24) is 4.90 Å². The van der Waals surface area contributed by atoms with Gasteiger partial charge in [0.2, 0.25) is 0 Å². The SMILES string of the molecule is COc1ccc(N2CCN(C(=O)c3sc4ccccc4c3Cl)CC2)c([N+](=O)[O-])c1. The van der Waals surface area contributed by atoms with E-state index in [-0.39, 0.29) is 11.6 Å². The molecule has 0 atom stereocenters. The van der Waals surface area contributed by atoms with Crippen molar-refractivity contribution in [2.24, 2.45) is 0 Å². The van der Waals surface area contributed by atoms with E-state index in [0.29, 0.717) is 47.5 Å². The summed E-state index contributed by atoms with van der Waals surface area (Å²) in [6.45, 7) is 1.93. The molecule has 2 heterocycles. The summed E-state index contributed by atoms with van der Waals surface area (Å²) in [7, 11) is 1.47. The van der Waals surface area contributed by atoms with Gasteiger partial charge in [-0.2, -0.15) is 0 Å². The van der Waals surface area contributed by atoms with Crippen LogP contribution < -0.4 is 9.64 Å². The number of methoxy groups -OCH3 is 1. The predicted octanol–water partition coefficient (Wildman–Crippen LogP) is 4.43. The molecule has 4 rings (SSSR count). The number of benzene rings is 2. The van der Waals surface area contributed by atoms with Crippen LogP contribution in [0.5, 0.6) is 5.75 Å². The normalized spacial score (nSPS) is 14.3. The van der Waals surface area contributed by atoms with E-state index in [0.717, 1.165) is 10.1 Å². The molecule has 0 unspecified atom stereocenters.